The SMILES string of the molecule is COc1ccc2oc(C(Nc3ccc(C(=O)N(C)CCC(=O)O)cc3)C3CCCCC3)cc2c1. The minimum absolute atomic E-state index is 0.0264. The monoisotopic (exact) mass is 464 g/mol. The van der Waals surface area contributed by atoms with Crippen LogP contribution in [-0.2, 0) is 4.79 Å². The molecule has 1 heterocycles. The van der Waals surface area contributed by atoms with Crippen molar-refractivity contribution in [1.82, 2.24) is 4.90 Å². The highest BCUT2D eigenvalue weighted by Crippen LogP contribution is 2.39. The Bertz CT molecular complexity index is 1130. The first-order valence-corrected chi connectivity index (χ1v) is 11.9. The van der Waals surface area contributed by atoms with Gasteiger partial charge < -0.3 is 24.5 Å². The number of nitrogens with zero attached hydrogens (tertiary/aromatic N) is 1. The summed E-state index contributed by atoms with van der Waals surface area (Å²) in [4.78, 5) is 24.8. The lowest BCUT2D eigenvalue weighted by atomic mass is 9.82. The third-order valence-corrected chi connectivity index (χ3v) is 6.63. The number of carboxylic acid groups (broad SMARTS) is 1. The second-order valence-corrected chi connectivity index (χ2v) is 9.02. The summed E-state index contributed by atoms with van der Waals surface area (Å²) in [5, 5.41) is 13.5. The molecule has 1 atom stereocenters. The Morgan fingerprint density at radius 1 is 1.12 bits per heavy atom. The van der Waals surface area contributed by atoms with Gasteiger partial charge in [0.25, 0.3) is 5.91 Å². The zero-order chi connectivity index (χ0) is 24.1. The quantitative estimate of drug-likeness (QED) is 0.421. The second kappa shape index (κ2) is 10.6. The van der Waals surface area contributed by atoms with Crippen LogP contribution in [0.25, 0.3) is 11.0 Å². The van der Waals surface area contributed by atoms with Gasteiger partial charge in [0.15, 0.2) is 0 Å². The summed E-state index contributed by atoms with van der Waals surface area (Å²) in [6, 6.07) is 15.3. The fourth-order valence-corrected chi connectivity index (χ4v) is 4.68. The number of aliphatic carboxylic acids is 1. The van der Waals surface area contributed by atoms with Gasteiger partial charge in [-0.1, -0.05) is 19.3 Å². The number of hydrogen-bond donors (Lipinski definition) is 2. The van der Waals surface area contributed by atoms with Crippen molar-refractivity contribution in [1.29, 1.82) is 0 Å². The highest BCUT2D eigenvalue weighted by atomic mass is 16.5. The number of ether oxygens (including phenoxy) is 1. The van der Waals surface area contributed by atoms with Gasteiger partial charge >= 0.3 is 5.97 Å². The van der Waals surface area contributed by atoms with Crippen molar-refractivity contribution in [2.24, 2.45) is 5.92 Å². The Morgan fingerprint density at radius 3 is 2.53 bits per heavy atom. The van der Waals surface area contributed by atoms with Crippen LogP contribution in [0.1, 0.15) is 60.7 Å². The Kier molecular flexibility index (Phi) is 7.40. The molecule has 34 heavy (non-hydrogen) atoms. The van der Waals surface area contributed by atoms with Gasteiger partial charge in [-0.25, -0.2) is 0 Å². The number of rotatable bonds is 9. The number of hydrogen-bond acceptors (Lipinski definition) is 5. The molecule has 2 N–H and O–H groups in total. The molecule has 0 radical (unpaired) electrons. The molecule has 1 amide bonds. The fraction of sp³-hybridized carbons (Fsp3) is 0.407. The Balaban J connectivity index is 1.54. The van der Waals surface area contributed by atoms with Crippen molar-refractivity contribution < 1.29 is 23.8 Å². The van der Waals surface area contributed by atoms with Gasteiger partial charge in [-0.2, -0.15) is 0 Å². The van der Waals surface area contributed by atoms with E-state index in [0.29, 0.717) is 11.5 Å². The van der Waals surface area contributed by atoms with Crippen LogP contribution in [0.3, 0.4) is 0 Å². The van der Waals surface area contributed by atoms with Crippen LogP contribution in [0, 0.1) is 5.92 Å². The third kappa shape index (κ3) is 5.53. The molecule has 0 aliphatic heterocycles. The molecular formula is C27H32N2O5. The number of carboxylic acids is 1. The predicted molar refractivity (Wildman–Crippen MR) is 131 cm³/mol. The van der Waals surface area contributed by atoms with E-state index in [0.717, 1.165) is 41.0 Å². The largest absolute Gasteiger partial charge is 0.497 e. The standard InChI is InChI=1S/C27H32N2O5/c1-29(15-14-25(30)31)27(32)19-8-10-21(11-9-19)28-26(18-6-4-3-5-7-18)24-17-20-16-22(33-2)12-13-23(20)34-24/h8-13,16-18,26,28H,3-7,14-15H2,1-2H3,(H,30,31). The topological polar surface area (TPSA) is 92.0 Å². The summed E-state index contributed by atoms with van der Waals surface area (Å²) < 4.78 is 11.6. The van der Waals surface area contributed by atoms with Gasteiger partial charge in [-0.3, -0.25) is 9.59 Å². The molecule has 7 heteroatoms. The summed E-state index contributed by atoms with van der Waals surface area (Å²) in [6.07, 6.45) is 5.91. The van der Waals surface area contributed by atoms with E-state index in [1.54, 1.807) is 26.3 Å². The summed E-state index contributed by atoms with van der Waals surface area (Å²) in [6.45, 7) is 0.175. The first-order valence-electron chi connectivity index (χ1n) is 11.9. The summed E-state index contributed by atoms with van der Waals surface area (Å²) in [7, 11) is 3.28. The first-order chi connectivity index (χ1) is 16.4. The number of furan rings is 1. The number of fused-ring (bicyclic) bond motifs is 1. The van der Waals surface area contributed by atoms with Gasteiger partial charge in [0, 0.05) is 30.2 Å². The van der Waals surface area contributed by atoms with Crippen LogP contribution in [0.5, 0.6) is 5.75 Å². The number of nitrogens with one attached hydrogen (secondary N) is 1. The second-order valence-electron chi connectivity index (χ2n) is 9.02. The van der Waals surface area contributed by atoms with Crippen LogP contribution < -0.4 is 10.1 Å². The maximum absolute atomic E-state index is 12.6. The minimum atomic E-state index is -0.919. The van der Waals surface area contributed by atoms with Crippen LogP contribution in [-0.4, -0.2) is 42.6 Å². The normalized spacial score (nSPS) is 15.1. The van der Waals surface area contributed by atoms with E-state index in [9.17, 15) is 9.59 Å². The zero-order valence-corrected chi connectivity index (χ0v) is 19.8. The number of carbonyl (C=O) groups is 2. The van der Waals surface area contributed by atoms with E-state index < -0.39 is 5.97 Å². The van der Waals surface area contributed by atoms with Crippen molar-refractivity contribution in [3.05, 3.63) is 59.9 Å². The molecule has 7 nitrogen and oxygen atoms in total. The van der Waals surface area contributed by atoms with Crippen LogP contribution in [0.4, 0.5) is 5.69 Å². The van der Waals surface area contributed by atoms with Crippen LogP contribution in [0.15, 0.2) is 52.9 Å². The molecule has 0 saturated heterocycles. The lowest BCUT2D eigenvalue weighted by Gasteiger charge is -2.30. The lowest BCUT2D eigenvalue weighted by Crippen LogP contribution is -2.29. The molecule has 0 spiro atoms. The molecular weight excluding hydrogens is 432 g/mol. The van der Waals surface area contributed by atoms with Crippen LogP contribution in [0.2, 0.25) is 0 Å². The van der Waals surface area contributed by atoms with Crippen molar-refractivity contribution in [2.75, 3.05) is 26.0 Å². The maximum Gasteiger partial charge on any atom is 0.305 e. The molecule has 0 bridgehead atoms. The van der Waals surface area contributed by atoms with E-state index in [1.807, 2.05) is 30.3 Å². The van der Waals surface area contributed by atoms with E-state index in [-0.39, 0.29) is 24.9 Å². The molecule has 1 unspecified atom stereocenters. The smallest absolute Gasteiger partial charge is 0.305 e. The fourth-order valence-electron chi connectivity index (χ4n) is 4.68. The Morgan fingerprint density at radius 2 is 1.85 bits per heavy atom. The molecule has 4 rings (SSSR count). The molecule has 1 saturated carbocycles. The van der Waals surface area contributed by atoms with Gasteiger partial charge in [0.2, 0.25) is 0 Å². The molecule has 1 aromatic heterocycles. The van der Waals surface area contributed by atoms with E-state index in [1.165, 1.54) is 24.2 Å². The lowest BCUT2D eigenvalue weighted by molar-refractivity contribution is -0.137. The van der Waals surface area contributed by atoms with E-state index in [4.69, 9.17) is 14.3 Å². The minimum Gasteiger partial charge on any atom is -0.497 e. The highest BCUT2D eigenvalue weighted by Gasteiger charge is 2.28. The molecule has 3 aromatic rings. The third-order valence-electron chi connectivity index (χ3n) is 6.63. The van der Waals surface area contributed by atoms with Crippen molar-refractivity contribution >= 4 is 28.5 Å². The van der Waals surface area contributed by atoms with Crippen molar-refractivity contribution in [3.8, 4) is 5.75 Å². The Labute approximate surface area is 199 Å². The van der Waals surface area contributed by atoms with E-state index in [2.05, 4.69) is 11.4 Å². The number of benzene rings is 2. The molecule has 2 aromatic carbocycles. The summed E-state index contributed by atoms with van der Waals surface area (Å²) in [5.41, 5.74) is 2.28. The van der Waals surface area contributed by atoms with Crippen molar-refractivity contribution in [2.45, 2.75) is 44.6 Å². The van der Waals surface area contributed by atoms with Crippen molar-refractivity contribution in [3.63, 3.8) is 0 Å². The zero-order valence-electron chi connectivity index (χ0n) is 19.8. The number of amides is 1. The average molecular weight is 465 g/mol. The van der Waals surface area contributed by atoms with E-state index >= 15 is 0 Å². The molecule has 1 aliphatic carbocycles. The molecule has 1 aliphatic rings. The summed E-state index contributed by atoms with van der Waals surface area (Å²) in [5.74, 6) is 1.05. The summed E-state index contributed by atoms with van der Waals surface area (Å²) >= 11 is 0. The number of anilines is 1. The number of carbonyl (C=O) groups excluding carboxylic acids is 1. The van der Waals surface area contributed by atoms with Crippen LogP contribution >= 0.6 is 0 Å². The maximum atomic E-state index is 12.6. The van der Waals surface area contributed by atoms with Gasteiger partial charge in [-0.05, 0) is 67.3 Å². The van der Waals surface area contributed by atoms with Gasteiger partial charge in [0.1, 0.15) is 17.1 Å². The van der Waals surface area contributed by atoms with Gasteiger partial charge in [0.05, 0.1) is 19.6 Å². The Hall–Kier alpha value is -3.48. The highest BCUT2D eigenvalue weighted by molar-refractivity contribution is 5.94. The average Bonchev–Trinajstić information content (AvgIpc) is 3.29. The molecule has 180 valence electrons. The number of methoxy groups -OCH3 is 1. The van der Waals surface area contributed by atoms with Gasteiger partial charge in [-0.15, -0.1) is 0 Å². The molecule has 1 fully saturated rings. The first kappa shape index (κ1) is 23.7. The predicted octanol–water partition coefficient (Wildman–Crippen LogP) is 5.72.